The number of phenolic OH excluding ortho intramolecular Hbond substituents is 1. The summed E-state index contributed by atoms with van der Waals surface area (Å²) < 4.78 is 9.27. The molecule has 0 bridgehead atoms. The number of hydrogen-bond donors (Lipinski definition) is 1. The van der Waals surface area contributed by atoms with Gasteiger partial charge in [0.25, 0.3) is 6.47 Å². The molecule has 0 amide bonds. The number of ether oxygens (including phenoxy) is 2. The smallest absolute Gasteiger partial charge is 0.298 e. The van der Waals surface area contributed by atoms with Gasteiger partial charge in [0.15, 0.2) is 17.2 Å². The van der Waals surface area contributed by atoms with Crippen LogP contribution in [0.25, 0.3) is 0 Å². The number of methoxy groups -OCH3 is 1. The predicted octanol–water partition coefficient (Wildman–Crippen LogP) is 1.59. The fourth-order valence-corrected chi connectivity index (χ4v) is 1.04. The van der Waals surface area contributed by atoms with Gasteiger partial charge in [-0.25, -0.2) is 0 Å². The van der Waals surface area contributed by atoms with Crippen LogP contribution in [0, 0.1) is 0 Å². The first-order valence-corrected chi connectivity index (χ1v) is 3.74. The predicted molar refractivity (Wildman–Crippen MR) is 46.4 cm³/mol. The van der Waals surface area contributed by atoms with E-state index in [1.807, 2.05) is 0 Å². The summed E-state index contributed by atoms with van der Waals surface area (Å²) in [6, 6.07) is 2.87. The molecule has 0 fully saturated rings. The highest BCUT2D eigenvalue weighted by atomic mass is 35.5. The molecule has 0 aromatic heterocycles. The molecule has 1 rings (SSSR count). The van der Waals surface area contributed by atoms with Crippen LogP contribution in [0.15, 0.2) is 12.1 Å². The van der Waals surface area contributed by atoms with E-state index in [-0.39, 0.29) is 28.7 Å². The molecule has 70 valence electrons. The normalized spacial score (nSPS) is 9.38. The fourth-order valence-electron chi connectivity index (χ4n) is 0.836. The van der Waals surface area contributed by atoms with E-state index in [9.17, 15) is 9.90 Å². The zero-order valence-corrected chi connectivity index (χ0v) is 7.54. The van der Waals surface area contributed by atoms with Crippen molar-refractivity contribution in [3.8, 4) is 17.2 Å². The maximum Gasteiger partial charge on any atom is 0.298 e. The number of aromatic hydroxyl groups is 1. The van der Waals surface area contributed by atoms with E-state index in [1.54, 1.807) is 0 Å². The highest BCUT2D eigenvalue weighted by molar-refractivity contribution is 6.33. The standard InChI is InChI=1S/C8H7ClO4/c1-12-6-3-2-5(13-4-10)7(9)8(6)11/h2-4,11H,1H3. The third kappa shape index (κ3) is 1.84. The van der Waals surface area contributed by atoms with E-state index >= 15 is 0 Å². The monoisotopic (exact) mass is 202 g/mol. The molecule has 0 radical (unpaired) electrons. The van der Waals surface area contributed by atoms with Gasteiger partial charge in [-0.2, -0.15) is 0 Å². The number of phenols is 1. The summed E-state index contributed by atoms with van der Waals surface area (Å²) in [6.45, 7) is 0.229. The van der Waals surface area contributed by atoms with Crippen molar-refractivity contribution < 1.29 is 19.4 Å². The van der Waals surface area contributed by atoms with Crippen LogP contribution in [-0.4, -0.2) is 18.7 Å². The topological polar surface area (TPSA) is 55.8 Å². The Morgan fingerprint density at radius 1 is 1.46 bits per heavy atom. The summed E-state index contributed by atoms with van der Waals surface area (Å²) in [5.74, 6) is 0.0710. The van der Waals surface area contributed by atoms with Crippen molar-refractivity contribution in [2.75, 3.05) is 7.11 Å². The average molecular weight is 203 g/mol. The first-order valence-electron chi connectivity index (χ1n) is 3.36. The Balaban J connectivity index is 3.14. The fraction of sp³-hybridized carbons (Fsp3) is 0.125. The van der Waals surface area contributed by atoms with E-state index < -0.39 is 0 Å². The van der Waals surface area contributed by atoms with Gasteiger partial charge in [0.2, 0.25) is 0 Å². The van der Waals surface area contributed by atoms with E-state index in [2.05, 4.69) is 4.74 Å². The van der Waals surface area contributed by atoms with Gasteiger partial charge < -0.3 is 14.6 Å². The van der Waals surface area contributed by atoms with Gasteiger partial charge in [-0.3, -0.25) is 4.79 Å². The molecule has 0 aliphatic rings. The molecular weight excluding hydrogens is 196 g/mol. The van der Waals surface area contributed by atoms with Gasteiger partial charge in [-0.05, 0) is 12.1 Å². The van der Waals surface area contributed by atoms with Crippen molar-refractivity contribution in [1.29, 1.82) is 0 Å². The minimum Gasteiger partial charge on any atom is -0.503 e. The summed E-state index contributed by atoms with van der Waals surface area (Å²) in [4.78, 5) is 10.00. The second-order valence-corrected chi connectivity index (χ2v) is 2.52. The number of carbonyl (C=O) groups is 1. The van der Waals surface area contributed by atoms with Crippen LogP contribution in [0.4, 0.5) is 0 Å². The summed E-state index contributed by atoms with van der Waals surface area (Å²) in [7, 11) is 1.39. The second kappa shape index (κ2) is 4.00. The van der Waals surface area contributed by atoms with Crippen LogP contribution >= 0.6 is 11.6 Å². The van der Waals surface area contributed by atoms with E-state index in [1.165, 1.54) is 19.2 Å². The van der Waals surface area contributed by atoms with E-state index in [0.717, 1.165) is 0 Å². The molecule has 4 nitrogen and oxygen atoms in total. The molecular formula is C8H7ClO4. The number of rotatable bonds is 3. The summed E-state index contributed by atoms with van der Waals surface area (Å²) >= 11 is 5.64. The first kappa shape index (κ1) is 9.67. The van der Waals surface area contributed by atoms with Gasteiger partial charge in [-0.1, -0.05) is 11.6 Å². The molecule has 0 atom stereocenters. The van der Waals surface area contributed by atoms with E-state index in [4.69, 9.17) is 16.3 Å². The summed E-state index contributed by atoms with van der Waals surface area (Å²) in [5, 5.41) is 9.30. The van der Waals surface area contributed by atoms with Crippen LogP contribution in [0.5, 0.6) is 17.2 Å². The van der Waals surface area contributed by atoms with Crippen LogP contribution < -0.4 is 9.47 Å². The minimum atomic E-state index is -0.247. The van der Waals surface area contributed by atoms with E-state index in [0.29, 0.717) is 0 Å². The Morgan fingerprint density at radius 2 is 2.08 bits per heavy atom. The molecule has 0 aliphatic carbocycles. The van der Waals surface area contributed by atoms with Crippen molar-refractivity contribution in [3.63, 3.8) is 0 Å². The van der Waals surface area contributed by atoms with Crippen molar-refractivity contribution in [1.82, 2.24) is 0 Å². The largest absolute Gasteiger partial charge is 0.503 e. The van der Waals surface area contributed by atoms with Crippen LogP contribution in [0.2, 0.25) is 5.02 Å². The number of halogens is 1. The maximum absolute atomic E-state index is 10.00. The third-order valence-electron chi connectivity index (χ3n) is 1.44. The van der Waals surface area contributed by atoms with Crippen molar-refractivity contribution >= 4 is 18.1 Å². The Kier molecular flexibility index (Phi) is 2.97. The van der Waals surface area contributed by atoms with Crippen molar-refractivity contribution in [2.45, 2.75) is 0 Å². The lowest BCUT2D eigenvalue weighted by atomic mass is 10.3. The van der Waals surface area contributed by atoms with Gasteiger partial charge in [0.05, 0.1) is 7.11 Å². The lowest BCUT2D eigenvalue weighted by molar-refractivity contribution is -0.120. The number of hydrogen-bond acceptors (Lipinski definition) is 4. The van der Waals surface area contributed by atoms with Gasteiger partial charge in [-0.15, -0.1) is 0 Å². The summed E-state index contributed by atoms with van der Waals surface area (Å²) in [6.07, 6.45) is 0. The average Bonchev–Trinajstić information content (AvgIpc) is 2.14. The zero-order chi connectivity index (χ0) is 9.84. The van der Waals surface area contributed by atoms with Gasteiger partial charge in [0.1, 0.15) is 5.02 Å². The number of carbonyl (C=O) groups excluding carboxylic acids is 1. The molecule has 13 heavy (non-hydrogen) atoms. The quantitative estimate of drug-likeness (QED) is 0.757. The minimum absolute atomic E-state index is 0.0496. The molecule has 0 saturated heterocycles. The molecule has 1 aromatic rings. The van der Waals surface area contributed by atoms with Gasteiger partial charge >= 0.3 is 0 Å². The number of benzene rings is 1. The van der Waals surface area contributed by atoms with Crippen molar-refractivity contribution in [3.05, 3.63) is 17.2 Å². The molecule has 1 N–H and O–H groups in total. The Hall–Kier alpha value is -1.42. The Bertz CT molecular complexity index is 324. The SMILES string of the molecule is COc1ccc(OC=O)c(Cl)c1O. The molecule has 0 spiro atoms. The van der Waals surface area contributed by atoms with Crippen LogP contribution in [-0.2, 0) is 4.79 Å². The zero-order valence-electron chi connectivity index (χ0n) is 6.78. The maximum atomic E-state index is 10.00. The third-order valence-corrected chi connectivity index (χ3v) is 1.80. The molecule has 1 aromatic carbocycles. The molecule has 0 aliphatic heterocycles. The first-order chi connectivity index (χ1) is 6.20. The van der Waals surface area contributed by atoms with Gasteiger partial charge in [0, 0.05) is 0 Å². The molecule has 0 saturated carbocycles. The highest BCUT2D eigenvalue weighted by Gasteiger charge is 2.11. The summed E-state index contributed by atoms with van der Waals surface area (Å²) in [5.41, 5.74) is 0. The van der Waals surface area contributed by atoms with Crippen LogP contribution in [0.3, 0.4) is 0 Å². The lowest BCUT2D eigenvalue weighted by Crippen LogP contribution is -1.91. The second-order valence-electron chi connectivity index (χ2n) is 2.14. The highest BCUT2D eigenvalue weighted by Crippen LogP contribution is 2.39. The van der Waals surface area contributed by atoms with Crippen LogP contribution in [0.1, 0.15) is 0 Å². The Labute approximate surface area is 79.6 Å². The molecule has 5 heteroatoms. The molecule has 0 unspecified atom stereocenters. The lowest BCUT2D eigenvalue weighted by Gasteiger charge is -2.06. The molecule has 0 heterocycles. The van der Waals surface area contributed by atoms with Crippen molar-refractivity contribution in [2.24, 2.45) is 0 Å². The Morgan fingerprint density at radius 3 is 2.62 bits per heavy atom.